The van der Waals surface area contributed by atoms with Crippen LogP contribution in [0.2, 0.25) is 0 Å². The minimum absolute atomic E-state index is 0.0712. The maximum Gasteiger partial charge on any atom is 0.349 e. The van der Waals surface area contributed by atoms with Gasteiger partial charge >= 0.3 is 5.97 Å². The van der Waals surface area contributed by atoms with E-state index in [0.717, 1.165) is 51.7 Å². The standard InChI is InChI=1S/C25H39N3O5/c1-16(8-9-17-11-13-27-20(14-17)28-15-26-2)10-12-24-21(29)18-6-4-5-7-19(18)22(30)25(24,33-24)23(31)32-3/h10,17-20,26-28H,4-9,11-15H2,1-3H3/t17?,18?,19?,20?,24-,25-/m0/s1. The van der Waals surface area contributed by atoms with Gasteiger partial charge in [0.2, 0.25) is 0 Å². The summed E-state index contributed by atoms with van der Waals surface area (Å²) in [6, 6.07) is 0. The van der Waals surface area contributed by atoms with E-state index in [9.17, 15) is 14.4 Å². The molecule has 2 saturated heterocycles. The number of ether oxygens (including phenoxy) is 2. The fourth-order valence-corrected chi connectivity index (χ4v) is 6.26. The third-order valence-corrected chi connectivity index (χ3v) is 8.23. The highest BCUT2D eigenvalue weighted by Crippen LogP contribution is 2.61. The van der Waals surface area contributed by atoms with Crippen LogP contribution in [-0.2, 0) is 23.9 Å². The van der Waals surface area contributed by atoms with Gasteiger partial charge in [0, 0.05) is 24.9 Å². The lowest BCUT2D eigenvalue weighted by Gasteiger charge is -2.36. The number of Topliss-reactive ketones (excluding diaryl/α,β-unsaturated/α-hetero) is 2. The van der Waals surface area contributed by atoms with E-state index in [1.807, 2.05) is 13.1 Å². The van der Waals surface area contributed by atoms with Crippen LogP contribution in [0.4, 0.5) is 0 Å². The van der Waals surface area contributed by atoms with Gasteiger partial charge in [0.1, 0.15) is 0 Å². The fraction of sp³-hybridized carbons (Fsp3) is 0.800. The van der Waals surface area contributed by atoms with E-state index in [1.54, 1.807) is 0 Å². The Labute approximate surface area is 196 Å². The SMILES string of the molecule is CNCNC1CC(CCC(C)=CC[C@@]23O[C@]2(C(=O)OC)C(=O)C2CCCCC2C3=O)CCN1. The molecular weight excluding hydrogens is 422 g/mol. The summed E-state index contributed by atoms with van der Waals surface area (Å²) in [5, 5.41) is 10.1. The van der Waals surface area contributed by atoms with Gasteiger partial charge in [-0.3, -0.25) is 14.9 Å². The zero-order valence-corrected chi connectivity index (χ0v) is 20.2. The summed E-state index contributed by atoms with van der Waals surface area (Å²) in [5.74, 6) is -1.12. The van der Waals surface area contributed by atoms with E-state index in [4.69, 9.17) is 9.47 Å². The Balaban J connectivity index is 1.41. The average Bonchev–Trinajstić information content (AvgIpc) is 3.55. The molecule has 0 amide bonds. The van der Waals surface area contributed by atoms with Gasteiger partial charge in [-0.2, -0.15) is 0 Å². The van der Waals surface area contributed by atoms with E-state index in [2.05, 4.69) is 22.9 Å². The number of rotatable bonds is 9. The van der Waals surface area contributed by atoms with Gasteiger partial charge in [-0.05, 0) is 65.0 Å². The molecule has 2 saturated carbocycles. The second-order valence-electron chi connectivity index (χ2n) is 10.3. The van der Waals surface area contributed by atoms with Crippen LogP contribution < -0.4 is 16.0 Å². The molecule has 0 bridgehead atoms. The molecule has 0 spiro atoms. The summed E-state index contributed by atoms with van der Waals surface area (Å²) in [6.07, 6.45) is 10.1. The monoisotopic (exact) mass is 461 g/mol. The van der Waals surface area contributed by atoms with Crippen LogP contribution in [0.5, 0.6) is 0 Å². The van der Waals surface area contributed by atoms with Crippen LogP contribution in [0.3, 0.4) is 0 Å². The maximum absolute atomic E-state index is 13.5. The van der Waals surface area contributed by atoms with Gasteiger partial charge in [-0.15, -0.1) is 0 Å². The van der Waals surface area contributed by atoms with Crippen LogP contribution >= 0.6 is 0 Å². The van der Waals surface area contributed by atoms with Crippen LogP contribution in [0, 0.1) is 17.8 Å². The predicted molar refractivity (Wildman–Crippen MR) is 123 cm³/mol. The average molecular weight is 462 g/mol. The number of nitrogens with one attached hydrogen (secondary N) is 3. The molecule has 2 aliphatic heterocycles. The van der Waals surface area contributed by atoms with E-state index in [0.29, 0.717) is 24.9 Å². The molecule has 4 rings (SSSR count). The van der Waals surface area contributed by atoms with Crippen molar-refractivity contribution in [2.45, 2.75) is 82.1 Å². The van der Waals surface area contributed by atoms with E-state index < -0.39 is 23.1 Å². The first-order valence-corrected chi connectivity index (χ1v) is 12.5. The molecule has 8 nitrogen and oxygen atoms in total. The number of hydrogen-bond donors (Lipinski definition) is 3. The predicted octanol–water partition coefficient (Wildman–Crippen LogP) is 1.83. The molecule has 0 aromatic heterocycles. The normalized spacial score (nSPS) is 38.5. The molecule has 3 N–H and O–H groups in total. The number of carbonyl (C=O) groups is 3. The topological polar surface area (TPSA) is 109 Å². The number of allylic oxidation sites excluding steroid dienone is 1. The number of fused-ring (bicyclic) bond motifs is 2. The smallest absolute Gasteiger partial charge is 0.349 e. The second-order valence-corrected chi connectivity index (χ2v) is 10.3. The molecule has 0 aromatic carbocycles. The Morgan fingerprint density at radius 1 is 1.21 bits per heavy atom. The molecule has 0 aromatic rings. The van der Waals surface area contributed by atoms with Crippen LogP contribution in [0.25, 0.3) is 0 Å². The molecule has 33 heavy (non-hydrogen) atoms. The van der Waals surface area contributed by atoms with Gasteiger partial charge in [-0.1, -0.05) is 24.5 Å². The molecule has 8 heteroatoms. The van der Waals surface area contributed by atoms with Crippen LogP contribution in [-0.4, -0.2) is 62.3 Å². The van der Waals surface area contributed by atoms with Crippen LogP contribution in [0.1, 0.15) is 64.7 Å². The van der Waals surface area contributed by atoms with Crippen LogP contribution in [0.15, 0.2) is 11.6 Å². The Bertz CT molecular complexity index is 814. The third-order valence-electron chi connectivity index (χ3n) is 8.23. The summed E-state index contributed by atoms with van der Waals surface area (Å²) < 4.78 is 10.8. The zero-order valence-electron chi connectivity index (χ0n) is 20.2. The number of epoxide rings is 1. The molecule has 4 fully saturated rings. The van der Waals surface area contributed by atoms with Gasteiger partial charge in [0.25, 0.3) is 5.60 Å². The molecular formula is C25H39N3O5. The second kappa shape index (κ2) is 9.94. The lowest BCUT2D eigenvalue weighted by Crippen LogP contribution is -2.58. The Morgan fingerprint density at radius 2 is 1.94 bits per heavy atom. The van der Waals surface area contributed by atoms with Crippen molar-refractivity contribution in [3.63, 3.8) is 0 Å². The van der Waals surface area contributed by atoms with Crippen molar-refractivity contribution in [1.82, 2.24) is 16.0 Å². The Kier molecular flexibility index (Phi) is 7.38. The van der Waals surface area contributed by atoms with Gasteiger partial charge in [-0.25, -0.2) is 4.79 Å². The number of esters is 1. The number of ketones is 2. The van der Waals surface area contributed by atoms with Crippen molar-refractivity contribution in [2.24, 2.45) is 17.8 Å². The number of methoxy groups -OCH3 is 1. The van der Waals surface area contributed by atoms with Gasteiger partial charge < -0.3 is 20.1 Å². The van der Waals surface area contributed by atoms with Gasteiger partial charge in [0.15, 0.2) is 17.2 Å². The summed E-state index contributed by atoms with van der Waals surface area (Å²) in [7, 11) is 3.19. The molecule has 4 unspecified atom stereocenters. The minimum Gasteiger partial charge on any atom is -0.466 e. The fourth-order valence-electron chi connectivity index (χ4n) is 6.26. The highest BCUT2D eigenvalue weighted by molar-refractivity contribution is 6.23. The van der Waals surface area contributed by atoms with E-state index in [-0.39, 0.29) is 23.9 Å². The van der Waals surface area contributed by atoms with E-state index in [1.165, 1.54) is 12.7 Å². The van der Waals surface area contributed by atoms with Crippen molar-refractivity contribution in [2.75, 3.05) is 27.4 Å². The zero-order chi connectivity index (χ0) is 23.6. The molecule has 6 atom stereocenters. The number of hydrogen-bond acceptors (Lipinski definition) is 8. The Hall–Kier alpha value is -1.61. The number of piperidine rings is 1. The summed E-state index contributed by atoms with van der Waals surface area (Å²) in [6.45, 7) is 3.85. The van der Waals surface area contributed by atoms with E-state index >= 15 is 0 Å². The van der Waals surface area contributed by atoms with Crippen molar-refractivity contribution in [3.05, 3.63) is 11.6 Å². The van der Waals surface area contributed by atoms with Gasteiger partial charge in [0.05, 0.1) is 13.3 Å². The van der Waals surface area contributed by atoms with Crippen molar-refractivity contribution < 1.29 is 23.9 Å². The minimum atomic E-state index is -1.73. The Morgan fingerprint density at radius 3 is 2.64 bits per heavy atom. The molecule has 2 heterocycles. The lowest BCUT2D eigenvalue weighted by molar-refractivity contribution is -0.156. The molecule has 2 aliphatic carbocycles. The molecule has 0 radical (unpaired) electrons. The van der Waals surface area contributed by atoms with Crippen molar-refractivity contribution in [3.8, 4) is 0 Å². The molecule has 184 valence electrons. The first kappa shape index (κ1) is 24.5. The highest BCUT2D eigenvalue weighted by Gasteiger charge is 2.86. The van der Waals surface area contributed by atoms with Crippen molar-refractivity contribution in [1.29, 1.82) is 0 Å². The first-order chi connectivity index (χ1) is 15.9. The lowest BCUT2D eigenvalue weighted by atomic mass is 9.61. The maximum atomic E-state index is 13.5. The van der Waals surface area contributed by atoms with Crippen molar-refractivity contribution >= 4 is 17.5 Å². The summed E-state index contributed by atoms with van der Waals surface area (Å²) in [5.41, 5.74) is -1.92. The first-order valence-electron chi connectivity index (χ1n) is 12.5. The highest BCUT2D eigenvalue weighted by atomic mass is 16.7. The quantitative estimate of drug-likeness (QED) is 0.157. The molecule has 4 aliphatic rings. The largest absolute Gasteiger partial charge is 0.466 e. The summed E-state index contributed by atoms with van der Waals surface area (Å²) >= 11 is 0. The number of carbonyl (C=O) groups excluding carboxylic acids is 3. The summed E-state index contributed by atoms with van der Waals surface area (Å²) in [4.78, 5) is 39.5. The third kappa shape index (κ3) is 4.31.